The van der Waals surface area contributed by atoms with Crippen molar-refractivity contribution in [3.05, 3.63) is 35.1 Å². The summed E-state index contributed by atoms with van der Waals surface area (Å²) in [5.74, 6) is -0.376. The quantitative estimate of drug-likeness (QED) is 0.918. The van der Waals surface area contributed by atoms with Gasteiger partial charge >= 0.3 is 0 Å². The predicted molar refractivity (Wildman–Crippen MR) is 78.2 cm³/mol. The van der Waals surface area contributed by atoms with Crippen molar-refractivity contribution in [3.63, 3.8) is 0 Å². The number of hydrogen-bond acceptors (Lipinski definition) is 2. The Morgan fingerprint density at radius 2 is 2.21 bits per heavy atom. The maximum absolute atomic E-state index is 13.0. The molecule has 0 aliphatic heterocycles. The minimum atomic E-state index is -0.297. The number of aryl methyl sites for hydroxylation is 1. The molecule has 1 aromatic rings. The van der Waals surface area contributed by atoms with E-state index in [0.29, 0.717) is 16.4 Å². The molecule has 2 unspecified atom stereocenters. The Bertz CT molecular complexity index is 463. The Kier molecular flexibility index (Phi) is 4.86. The lowest BCUT2D eigenvalue weighted by Gasteiger charge is -2.28. The molecule has 0 aromatic heterocycles. The van der Waals surface area contributed by atoms with Gasteiger partial charge in [-0.3, -0.25) is 4.79 Å². The molecule has 2 nitrogen and oxygen atoms in total. The van der Waals surface area contributed by atoms with Crippen LogP contribution in [0.3, 0.4) is 0 Å². The van der Waals surface area contributed by atoms with E-state index in [4.69, 9.17) is 0 Å². The second-order valence-corrected chi connectivity index (χ2v) is 6.29. The topological polar surface area (TPSA) is 29.1 Å². The monoisotopic (exact) mass is 281 g/mol. The zero-order valence-corrected chi connectivity index (χ0v) is 12.2. The number of rotatable bonds is 3. The first-order chi connectivity index (χ1) is 9.10. The Hall–Kier alpha value is -1.03. The van der Waals surface area contributed by atoms with Crippen molar-refractivity contribution in [2.45, 2.75) is 43.9 Å². The summed E-state index contributed by atoms with van der Waals surface area (Å²) in [6, 6.07) is 4.56. The van der Waals surface area contributed by atoms with Crippen LogP contribution < -0.4 is 5.32 Å². The van der Waals surface area contributed by atoms with Gasteiger partial charge in [-0.25, -0.2) is 4.39 Å². The van der Waals surface area contributed by atoms with Gasteiger partial charge in [0.2, 0.25) is 0 Å². The summed E-state index contributed by atoms with van der Waals surface area (Å²) >= 11 is 1.88. The number of nitrogens with one attached hydrogen (secondary N) is 1. The van der Waals surface area contributed by atoms with E-state index in [1.54, 1.807) is 13.0 Å². The normalized spacial score (nSPS) is 23.1. The van der Waals surface area contributed by atoms with Gasteiger partial charge in [-0.05, 0) is 56.2 Å². The van der Waals surface area contributed by atoms with Crippen molar-refractivity contribution in [1.29, 1.82) is 0 Å². The van der Waals surface area contributed by atoms with Gasteiger partial charge in [0.15, 0.2) is 0 Å². The molecule has 1 N–H and O–H groups in total. The van der Waals surface area contributed by atoms with Gasteiger partial charge in [-0.1, -0.05) is 6.42 Å². The van der Waals surface area contributed by atoms with Crippen molar-refractivity contribution in [2.75, 3.05) is 6.26 Å². The van der Waals surface area contributed by atoms with Crippen molar-refractivity contribution in [3.8, 4) is 0 Å². The summed E-state index contributed by atoms with van der Waals surface area (Å²) in [4.78, 5) is 12.2. The first-order valence-electron chi connectivity index (χ1n) is 6.70. The Balaban J connectivity index is 2.00. The minimum absolute atomic E-state index is 0.0794. The van der Waals surface area contributed by atoms with Gasteiger partial charge < -0.3 is 5.32 Å². The van der Waals surface area contributed by atoms with Gasteiger partial charge in [-0.15, -0.1) is 0 Å². The molecule has 2 rings (SSSR count). The fraction of sp³-hybridized carbons (Fsp3) is 0.533. The third-order valence-electron chi connectivity index (χ3n) is 3.73. The van der Waals surface area contributed by atoms with E-state index < -0.39 is 0 Å². The lowest BCUT2D eigenvalue weighted by atomic mass is 9.94. The molecule has 0 saturated heterocycles. The zero-order valence-electron chi connectivity index (χ0n) is 11.4. The molecule has 1 saturated carbocycles. The van der Waals surface area contributed by atoms with Crippen LogP contribution in [0.2, 0.25) is 0 Å². The minimum Gasteiger partial charge on any atom is -0.349 e. The van der Waals surface area contributed by atoms with E-state index in [2.05, 4.69) is 11.6 Å². The highest BCUT2D eigenvalue weighted by molar-refractivity contribution is 7.99. The summed E-state index contributed by atoms with van der Waals surface area (Å²) in [5.41, 5.74) is 1.27. The van der Waals surface area contributed by atoms with Gasteiger partial charge in [0.25, 0.3) is 5.91 Å². The van der Waals surface area contributed by atoms with E-state index in [-0.39, 0.29) is 17.8 Å². The lowest BCUT2D eigenvalue weighted by molar-refractivity contribution is 0.0928. The van der Waals surface area contributed by atoms with Crippen LogP contribution in [0.1, 0.15) is 41.6 Å². The molecule has 0 spiro atoms. The smallest absolute Gasteiger partial charge is 0.251 e. The van der Waals surface area contributed by atoms with Crippen LogP contribution in [0.15, 0.2) is 18.2 Å². The van der Waals surface area contributed by atoms with E-state index in [0.717, 1.165) is 12.8 Å². The summed E-state index contributed by atoms with van der Waals surface area (Å²) in [7, 11) is 0. The summed E-state index contributed by atoms with van der Waals surface area (Å²) in [5, 5.41) is 3.73. The van der Waals surface area contributed by atoms with Crippen LogP contribution in [0, 0.1) is 12.7 Å². The third kappa shape index (κ3) is 3.72. The molecular weight excluding hydrogens is 261 g/mol. The molecule has 2 atom stereocenters. The molecule has 19 heavy (non-hydrogen) atoms. The van der Waals surface area contributed by atoms with Gasteiger partial charge in [0, 0.05) is 16.9 Å². The zero-order chi connectivity index (χ0) is 13.8. The molecule has 1 aliphatic rings. The number of carbonyl (C=O) groups excluding carboxylic acids is 1. The van der Waals surface area contributed by atoms with Crippen molar-refractivity contribution >= 4 is 17.7 Å². The van der Waals surface area contributed by atoms with E-state index in [1.165, 1.54) is 25.0 Å². The average molecular weight is 281 g/mol. The van der Waals surface area contributed by atoms with Crippen molar-refractivity contribution in [1.82, 2.24) is 5.32 Å². The summed E-state index contributed by atoms with van der Waals surface area (Å²) < 4.78 is 13.0. The van der Waals surface area contributed by atoms with Crippen molar-refractivity contribution < 1.29 is 9.18 Å². The molecule has 1 amide bonds. The number of thioether (sulfide) groups is 1. The number of hydrogen-bond donors (Lipinski definition) is 1. The van der Waals surface area contributed by atoms with Crippen LogP contribution >= 0.6 is 11.8 Å². The van der Waals surface area contributed by atoms with Crippen LogP contribution in [0.4, 0.5) is 4.39 Å². The van der Waals surface area contributed by atoms with Crippen LogP contribution in [-0.2, 0) is 0 Å². The molecule has 0 bridgehead atoms. The molecule has 0 radical (unpaired) electrons. The highest BCUT2D eigenvalue weighted by Crippen LogP contribution is 2.27. The number of amides is 1. The Morgan fingerprint density at radius 1 is 1.42 bits per heavy atom. The van der Waals surface area contributed by atoms with Gasteiger partial charge in [0.05, 0.1) is 0 Å². The number of carbonyl (C=O) groups is 1. The van der Waals surface area contributed by atoms with E-state index in [1.807, 2.05) is 11.8 Å². The predicted octanol–water partition coefficient (Wildman–Crippen LogP) is 3.54. The second kappa shape index (κ2) is 6.42. The average Bonchev–Trinajstić information content (AvgIpc) is 2.38. The van der Waals surface area contributed by atoms with E-state index >= 15 is 0 Å². The van der Waals surface area contributed by atoms with Crippen LogP contribution in [-0.4, -0.2) is 23.5 Å². The lowest BCUT2D eigenvalue weighted by Crippen LogP contribution is -2.39. The fourth-order valence-corrected chi connectivity index (χ4v) is 3.46. The summed E-state index contributed by atoms with van der Waals surface area (Å²) in [6.45, 7) is 1.77. The van der Waals surface area contributed by atoms with Gasteiger partial charge in [0.1, 0.15) is 5.82 Å². The molecule has 1 fully saturated rings. The Morgan fingerprint density at radius 3 is 2.89 bits per heavy atom. The fourth-order valence-electron chi connectivity index (χ4n) is 2.64. The first kappa shape index (κ1) is 14.4. The third-order valence-corrected chi connectivity index (χ3v) is 4.82. The maximum atomic E-state index is 13.0. The highest BCUT2D eigenvalue weighted by atomic mass is 32.2. The standard InChI is InChI=1S/C15H20FNOS/c1-10-8-11(16)6-7-14(10)15(18)17-12-4-3-5-13(9-12)19-2/h6-8,12-13H,3-5,9H2,1-2H3,(H,17,18). The van der Waals surface area contributed by atoms with E-state index in [9.17, 15) is 9.18 Å². The molecule has 0 heterocycles. The SMILES string of the molecule is CSC1CCCC(NC(=O)c2ccc(F)cc2C)C1. The van der Waals surface area contributed by atoms with Crippen LogP contribution in [0.5, 0.6) is 0 Å². The molecule has 1 aliphatic carbocycles. The molecule has 104 valence electrons. The number of benzene rings is 1. The van der Waals surface area contributed by atoms with Gasteiger partial charge in [-0.2, -0.15) is 11.8 Å². The number of halogens is 1. The molecule has 1 aromatic carbocycles. The highest BCUT2D eigenvalue weighted by Gasteiger charge is 2.23. The van der Waals surface area contributed by atoms with Crippen LogP contribution in [0.25, 0.3) is 0 Å². The maximum Gasteiger partial charge on any atom is 0.251 e. The first-order valence-corrected chi connectivity index (χ1v) is 7.98. The van der Waals surface area contributed by atoms with Crippen molar-refractivity contribution in [2.24, 2.45) is 0 Å². The second-order valence-electron chi connectivity index (χ2n) is 5.15. The largest absolute Gasteiger partial charge is 0.349 e. The summed E-state index contributed by atoms with van der Waals surface area (Å²) in [6.07, 6.45) is 6.61. The Labute approximate surface area is 118 Å². The molecule has 4 heteroatoms. The molecular formula is C15H20FNOS.